The number of hydrogen-bond donors (Lipinski definition) is 1. The average Bonchev–Trinajstić information content (AvgIpc) is 2.67. The predicted molar refractivity (Wildman–Crippen MR) is 101 cm³/mol. The molecule has 0 radical (unpaired) electrons. The summed E-state index contributed by atoms with van der Waals surface area (Å²) in [7, 11) is 1.57. The van der Waals surface area contributed by atoms with Gasteiger partial charge in [0.05, 0.1) is 30.3 Å². The lowest BCUT2D eigenvalue weighted by molar-refractivity contribution is -0.0495. The number of halogens is 2. The monoisotopic (exact) mass is 388 g/mol. The summed E-state index contributed by atoms with van der Waals surface area (Å²) < 4.78 is 24.9. The van der Waals surface area contributed by atoms with Crippen LogP contribution >= 0.6 is 11.6 Å². The van der Waals surface area contributed by atoms with Gasteiger partial charge in [0.15, 0.2) is 12.0 Å². The summed E-state index contributed by atoms with van der Waals surface area (Å²) in [6.07, 6.45) is 0.952. The van der Waals surface area contributed by atoms with Crippen molar-refractivity contribution in [1.29, 1.82) is 0 Å². The molecular formula is C19H18ClFN4O2. The van der Waals surface area contributed by atoms with E-state index < -0.39 is 6.23 Å². The zero-order valence-corrected chi connectivity index (χ0v) is 15.6. The highest BCUT2D eigenvalue weighted by Gasteiger charge is 2.28. The first-order valence-electron chi connectivity index (χ1n) is 8.48. The van der Waals surface area contributed by atoms with Crippen molar-refractivity contribution in [2.24, 2.45) is 0 Å². The Hall–Kier alpha value is -2.48. The van der Waals surface area contributed by atoms with Gasteiger partial charge >= 0.3 is 0 Å². The zero-order chi connectivity index (χ0) is 19.0. The quantitative estimate of drug-likeness (QED) is 0.735. The molecule has 2 aromatic carbocycles. The lowest BCUT2D eigenvalue weighted by Gasteiger charge is -2.38. The van der Waals surface area contributed by atoms with Gasteiger partial charge < -0.3 is 9.47 Å². The van der Waals surface area contributed by atoms with Crippen LogP contribution in [0.4, 0.5) is 10.2 Å². The van der Waals surface area contributed by atoms with Crippen LogP contribution in [0.15, 0.2) is 42.7 Å². The number of nitrogens with zero attached hydrogens (tertiary/aromatic N) is 3. The fourth-order valence-corrected chi connectivity index (χ4v) is 3.32. The lowest BCUT2D eigenvalue weighted by Crippen LogP contribution is -2.52. The van der Waals surface area contributed by atoms with Crippen molar-refractivity contribution in [2.45, 2.75) is 19.3 Å². The number of anilines is 1. The molecule has 8 heteroatoms. The Labute approximate surface area is 160 Å². The number of fused-ring (bicyclic) bond motifs is 1. The number of ether oxygens (including phenoxy) is 2. The molecule has 27 heavy (non-hydrogen) atoms. The maximum absolute atomic E-state index is 13.5. The molecule has 1 aliphatic rings. The molecular weight excluding hydrogens is 371 g/mol. The van der Waals surface area contributed by atoms with Gasteiger partial charge in [-0.1, -0.05) is 17.7 Å². The summed E-state index contributed by atoms with van der Waals surface area (Å²) in [6, 6.07) is 9.97. The minimum atomic E-state index is -0.412. The van der Waals surface area contributed by atoms with Crippen molar-refractivity contribution >= 4 is 28.3 Å². The van der Waals surface area contributed by atoms with E-state index in [1.807, 2.05) is 24.1 Å². The van der Waals surface area contributed by atoms with E-state index >= 15 is 0 Å². The van der Waals surface area contributed by atoms with Gasteiger partial charge in [-0.15, -0.1) is 0 Å². The summed E-state index contributed by atoms with van der Waals surface area (Å²) in [5, 5.41) is 3.20. The van der Waals surface area contributed by atoms with Crippen LogP contribution in [0.1, 0.15) is 18.7 Å². The van der Waals surface area contributed by atoms with Gasteiger partial charge in [0.2, 0.25) is 0 Å². The Balaban J connectivity index is 1.69. The largest absolute Gasteiger partial charge is 0.495 e. The molecule has 0 saturated carbocycles. The van der Waals surface area contributed by atoms with Crippen molar-refractivity contribution in [2.75, 3.05) is 18.7 Å². The maximum Gasteiger partial charge on any atom is 0.154 e. The fraction of sp³-hybridized carbons (Fsp3) is 0.263. The molecule has 2 heterocycles. The summed E-state index contributed by atoms with van der Waals surface area (Å²) in [6.45, 7) is 2.56. The van der Waals surface area contributed by atoms with Crippen LogP contribution < -0.4 is 15.2 Å². The topological polar surface area (TPSA) is 59.5 Å². The third kappa shape index (κ3) is 3.53. The molecule has 3 aromatic rings. The highest BCUT2D eigenvalue weighted by atomic mass is 35.5. The third-order valence-electron chi connectivity index (χ3n) is 4.39. The lowest BCUT2D eigenvalue weighted by atomic mass is 10.1. The Morgan fingerprint density at radius 2 is 2.11 bits per heavy atom. The van der Waals surface area contributed by atoms with E-state index in [-0.39, 0.29) is 11.9 Å². The number of hydrogen-bond acceptors (Lipinski definition) is 6. The van der Waals surface area contributed by atoms with Crippen LogP contribution in [0, 0.1) is 5.82 Å². The molecule has 0 amide bonds. The normalized spacial score (nSPS) is 20.1. The van der Waals surface area contributed by atoms with Gasteiger partial charge in [0.25, 0.3) is 0 Å². The molecule has 0 spiro atoms. The van der Waals surface area contributed by atoms with Crippen LogP contribution in [0.2, 0.25) is 5.02 Å². The van der Waals surface area contributed by atoms with Crippen LogP contribution in [-0.2, 0) is 4.74 Å². The van der Waals surface area contributed by atoms with Gasteiger partial charge in [0.1, 0.15) is 17.9 Å². The Bertz CT molecular complexity index is 987. The van der Waals surface area contributed by atoms with Crippen molar-refractivity contribution in [3.05, 3.63) is 59.1 Å². The second kappa shape index (κ2) is 7.26. The van der Waals surface area contributed by atoms with Gasteiger partial charge in [0, 0.05) is 17.0 Å². The van der Waals surface area contributed by atoms with E-state index in [0.717, 1.165) is 10.9 Å². The second-order valence-electron chi connectivity index (χ2n) is 6.32. The molecule has 1 aliphatic heterocycles. The van der Waals surface area contributed by atoms with Crippen molar-refractivity contribution < 1.29 is 13.9 Å². The number of methoxy groups -OCH3 is 1. The zero-order valence-electron chi connectivity index (χ0n) is 14.8. The highest BCUT2D eigenvalue weighted by molar-refractivity contribution is 6.32. The first-order valence-corrected chi connectivity index (χ1v) is 8.86. The molecule has 4 rings (SSSR count). The number of rotatable bonds is 3. The van der Waals surface area contributed by atoms with Gasteiger partial charge in [-0.05, 0) is 31.2 Å². The molecule has 0 aliphatic carbocycles. The van der Waals surface area contributed by atoms with E-state index in [9.17, 15) is 4.39 Å². The molecule has 6 nitrogen and oxygen atoms in total. The summed E-state index contributed by atoms with van der Waals surface area (Å²) in [5.41, 5.74) is 4.74. The number of benzene rings is 2. The molecule has 1 saturated heterocycles. The number of hydrazine groups is 1. The molecule has 140 valence electrons. The van der Waals surface area contributed by atoms with Crippen LogP contribution in [0.3, 0.4) is 0 Å². The molecule has 2 unspecified atom stereocenters. The minimum Gasteiger partial charge on any atom is -0.495 e. The SMILES string of the molecule is COc1cc(C2NN(c3ncnc4cc(F)ccc34)CC(C)O2)ccc1Cl. The smallest absolute Gasteiger partial charge is 0.154 e. The molecule has 2 atom stereocenters. The van der Waals surface area contributed by atoms with E-state index in [1.165, 1.54) is 18.5 Å². The average molecular weight is 389 g/mol. The van der Waals surface area contributed by atoms with Crippen LogP contribution in [0.25, 0.3) is 10.9 Å². The Kier molecular flexibility index (Phi) is 4.82. The summed E-state index contributed by atoms with van der Waals surface area (Å²) in [4.78, 5) is 8.56. The van der Waals surface area contributed by atoms with Gasteiger partial charge in [-0.3, -0.25) is 5.01 Å². The van der Waals surface area contributed by atoms with E-state index in [2.05, 4.69) is 15.4 Å². The first kappa shape index (κ1) is 17.9. The molecule has 1 fully saturated rings. The standard InChI is InChI=1S/C19H18ClFN4O2/c1-11-9-25(18-14-5-4-13(21)8-16(14)22-10-23-18)24-19(27-11)12-3-6-15(20)17(7-12)26-2/h3-8,10-11,19,24H,9H2,1-2H3. The second-order valence-corrected chi connectivity index (χ2v) is 6.73. The molecule has 0 bridgehead atoms. The maximum atomic E-state index is 13.5. The number of aromatic nitrogens is 2. The predicted octanol–water partition coefficient (Wildman–Crippen LogP) is 3.86. The number of nitrogens with one attached hydrogen (secondary N) is 1. The molecule has 1 N–H and O–H groups in total. The van der Waals surface area contributed by atoms with Crippen LogP contribution in [-0.4, -0.2) is 29.7 Å². The fourth-order valence-electron chi connectivity index (χ4n) is 3.13. The minimum absolute atomic E-state index is 0.0663. The summed E-state index contributed by atoms with van der Waals surface area (Å²) in [5.74, 6) is 0.912. The summed E-state index contributed by atoms with van der Waals surface area (Å²) >= 11 is 6.12. The Morgan fingerprint density at radius 3 is 2.93 bits per heavy atom. The van der Waals surface area contributed by atoms with E-state index in [1.54, 1.807) is 19.2 Å². The highest BCUT2D eigenvalue weighted by Crippen LogP contribution is 2.32. The van der Waals surface area contributed by atoms with Crippen LogP contribution in [0.5, 0.6) is 5.75 Å². The van der Waals surface area contributed by atoms with Crippen molar-refractivity contribution in [1.82, 2.24) is 15.4 Å². The van der Waals surface area contributed by atoms with E-state index in [0.29, 0.717) is 28.7 Å². The van der Waals surface area contributed by atoms with Gasteiger partial charge in [-0.2, -0.15) is 0 Å². The first-order chi connectivity index (χ1) is 13.0. The Morgan fingerprint density at radius 1 is 1.26 bits per heavy atom. The van der Waals surface area contributed by atoms with Gasteiger partial charge in [-0.25, -0.2) is 19.8 Å². The van der Waals surface area contributed by atoms with Crippen molar-refractivity contribution in [3.63, 3.8) is 0 Å². The molecule has 1 aromatic heterocycles. The van der Waals surface area contributed by atoms with Crippen molar-refractivity contribution in [3.8, 4) is 5.75 Å². The van der Waals surface area contributed by atoms with E-state index in [4.69, 9.17) is 21.1 Å². The third-order valence-corrected chi connectivity index (χ3v) is 4.70.